The Morgan fingerprint density at radius 2 is 1.96 bits per heavy atom. The third kappa shape index (κ3) is 2.78. The molecule has 0 saturated heterocycles. The summed E-state index contributed by atoms with van der Waals surface area (Å²) in [6.07, 6.45) is -4.66. The van der Waals surface area contributed by atoms with E-state index in [0.29, 0.717) is 17.2 Å². The number of aromatic nitrogens is 3. The first-order valence-corrected chi connectivity index (χ1v) is 7.36. The van der Waals surface area contributed by atoms with E-state index in [1.54, 1.807) is 24.3 Å². The molecule has 128 valence electrons. The summed E-state index contributed by atoms with van der Waals surface area (Å²) < 4.78 is 42.5. The van der Waals surface area contributed by atoms with Crippen molar-refractivity contribution in [2.24, 2.45) is 7.05 Å². The van der Waals surface area contributed by atoms with Crippen molar-refractivity contribution >= 4 is 11.0 Å². The molecule has 0 spiro atoms. The first kappa shape index (κ1) is 16.8. The van der Waals surface area contributed by atoms with E-state index >= 15 is 0 Å². The molecular weight excluding hydrogens is 333 g/mol. The molecule has 0 bridgehead atoms. The van der Waals surface area contributed by atoms with Crippen LogP contribution in [0.15, 0.2) is 35.1 Å². The van der Waals surface area contributed by atoms with Crippen LogP contribution in [0.5, 0.6) is 0 Å². The Bertz CT molecular complexity index is 1070. The van der Waals surface area contributed by atoms with E-state index in [9.17, 15) is 23.2 Å². The van der Waals surface area contributed by atoms with Crippen molar-refractivity contribution in [1.29, 1.82) is 5.26 Å². The molecule has 2 heterocycles. The van der Waals surface area contributed by atoms with Crippen LogP contribution in [0, 0.1) is 18.3 Å². The third-order valence-corrected chi connectivity index (χ3v) is 4.02. The number of nitriles is 1. The van der Waals surface area contributed by atoms with Crippen LogP contribution >= 0.6 is 0 Å². The van der Waals surface area contributed by atoms with Gasteiger partial charge in [-0.15, -0.1) is 0 Å². The van der Waals surface area contributed by atoms with Gasteiger partial charge in [-0.05, 0) is 18.6 Å². The number of nitrogens with zero attached hydrogens (tertiary/aromatic N) is 4. The summed E-state index contributed by atoms with van der Waals surface area (Å²) in [6, 6.07) is 9.26. The lowest BCUT2D eigenvalue weighted by atomic mass is 10.1. The molecule has 1 aromatic carbocycles. The molecule has 0 fully saturated rings. The summed E-state index contributed by atoms with van der Waals surface area (Å²) in [5.41, 5.74) is -0.621. The number of pyridine rings is 1. The Balaban J connectivity index is 2.33. The molecule has 0 amide bonds. The summed E-state index contributed by atoms with van der Waals surface area (Å²) in [5.74, 6) is 0. The monoisotopic (exact) mass is 346 g/mol. The number of alkyl halides is 3. The molecule has 0 aliphatic rings. The molecule has 0 aliphatic carbocycles. The molecule has 0 radical (unpaired) electrons. The number of aryl methyl sites for hydroxylation is 2. The normalized spacial score (nSPS) is 11.7. The highest BCUT2D eigenvalue weighted by Gasteiger charge is 2.36. The van der Waals surface area contributed by atoms with Crippen LogP contribution in [-0.2, 0) is 19.8 Å². The predicted octanol–water partition coefficient (Wildman–Crippen LogP) is 2.98. The molecule has 2 aromatic heterocycles. The van der Waals surface area contributed by atoms with E-state index in [2.05, 4.69) is 5.10 Å². The van der Waals surface area contributed by atoms with Crippen molar-refractivity contribution in [3.05, 3.63) is 63.1 Å². The molecule has 3 rings (SSSR count). The Morgan fingerprint density at radius 3 is 2.60 bits per heavy atom. The van der Waals surface area contributed by atoms with Crippen LogP contribution in [0.1, 0.15) is 22.4 Å². The number of hydrogen-bond acceptors (Lipinski definition) is 3. The van der Waals surface area contributed by atoms with Gasteiger partial charge in [0.1, 0.15) is 5.65 Å². The average Bonchev–Trinajstić information content (AvgIpc) is 2.84. The number of benzene rings is 1. The first-order chi connectivity index (χ1) is 11.7. The molecule has 0 aliphatic heterocycles. The van der Waals surface area contributed by atoms with Gasteiger partial charge in [-0.1, -0.05) is 18.2 Å². The van der Waals surface area contributed by atoms with Crippen molar-refractivity contribution in [1.82, 2.24) is 14.3 Å². The van der Waals surface area contributed by atoms with Crippen molar-refractivity contribution < 1.29 is 13.2 Å². The van der Waals surface area contributed by atoms with E-state index in [1.165, 1.54) is 23.2 Å². The zero-order valence-electron chi connectivity index (χ0n) is 13.4. The van der Waals surface area contributed by atoms with Crippen LogP contribution in [0.2, 0.25) is 0 Å². The van der Waals surface area contributed by atoms with Crippen LogP contribution < -0.4 is 5.56 Å². The molecule has 8 heteroatoms. The Morgan fingerprint density at radius 1 is 1.28 bits per heavy atom. The topological polar surface area (TPSA) is 63.6 Å². The summed E-state index contributed by atoms with van der Waals surface area (Å²) in [5, 5.41) is 13.1. The number of hydrogen-bond donors (Lipinski definition) is 0. The minimum Gasteiger partial charge on any atom is -0.288 e. The fourth-order valence-corrected chi connectivity index (χ4v) is 2.96. The van der Waals surface area contributed by atoms with Gasteiger partial charge in [0.25, 0.3) is 5.56 Å². The maximum absolute atomic E-state index is 13.3. The summed E-state index contributed by atoms with van der Waals surface area (Å²) in [7, 11) is 1.49. The van der Waals surface area contributed by atoms with Gasteiger partial charge in [-0.25, -0.2) is 0 Å². The Hall–Kier alpha value is -3.08. The zero-order chi connectivity index (χ0) is 18.4. The van der Waals surface area contributed by atoms with E-state index < -0.39 is 17.3 Å². The fourth-order valence-electron chi connectivity index (χ4n) is 2.96. The second-order valence-corrected chi connectivity index (χ2v) is 5.66. The van der Waals surface area contributed by atoms with Gasteiger partial charge < -0.3 is 0 Å². The SMILES string of the molecule is Cc1nn(C)c2c1c(C(F)(F)F)cc(=O)n2Cc1ccccc1C#N. The standard InChI is InChI=1S/C17H13F3N4O/c1-10-15-13(17(18,19)20)7-14(25)24(16(15)23(2)22-10)9-12-6-4-3-5-11(12)8-21/h3-7H,9H2,1-2H3. The van der Waals surface area contributed by atoms with E-state index in [1.807, 2.05) is 6.07 Å². The quantitative estimate of drug-likeness (QED) is 0.717. The lowest BCUT2D eigenvalue weighted by molar-refractivity contribution is -0.136. The van der Waals surface area contributed by atoms with E-state index in [-0.39, 0.29) is 23.3 Å². The lowest BCUT2D eigenvalue weighted by Crippen LogP contribution is -2.25. The van der Waals surface area contributed by atoms with Crippen molar-refractivity contribution in [3.63, 3.8) is 0 Å². The van der Waals surface area contributed by atoms with Crippen molar-refractivity contribution in [3.8, 4) is 6.07 Å². The lowest BCUT2D eigenvalue weighted by Gasteiger charge is -2.14. The zero-order valence-corrected chi connectivity index (χ0v) is 13.4. The number of fused-ring (bicyclic) bond motifs is 1. The second kappa shape index (κ2) is 5.77. The average molecular weight is 346 g/mol. The minimum absolute atomic E-state index is 0.0177. The molecule has 5 nitrogen and oxygen atoms in total. The molecular formula is C17H13F3N4O. The summed E-state index contributed by atoms with van der Waals surface area (Å²) in [6.45, 7) is 1.45. The Kier molecular flexibility index (Phi) is 3.87. The van der Waals surface area contributed by atoms with E-state index in [4.69, 9.17) is 0 Å². The molecule has 0 unspecified atom stereocenters. The molecule has 0 N–H and O–H groups in total. The molecule has 0 atom stereocenters. The van der Waals surface area contributed by atoms with Gasteiger partial charge in [0.15, 0.2) is 0 Å². The van der Waals surface area contributed by atoms with Crippen LogP contribution in [0.4, 0.5) is 13.2 Å². The predicted molar refractivity (Wildman–Crippen MR) is 85.0 cm³/mol. The largest absolute Gasteiger partial charge is 0.417 e. The second-order valence-electron chi connectivity index (χ2n) is 5.66. The van der Waals surface area contributed by atoms with Crippen LogP contribution in [0.25, 0.3) is 11.0 Å². The van der Waals surface area contributed by atoms with Gasteiger partial charge in [0, 0.05) is 13.1 Å². The maximum Gasteiger partial charge on any atom is 0.417 e. The molecule has 25 heavy (non-hydrogen) atoms. The van der Waals surface area contributed by atoms with Gasteiger partial charge >= 0.3 is 6.18 Å². The highest BCUT2D eigenvalue weighted by molar-refractivity contribution is 5.83. The van der Waals surface area contributed by atoms with Gasteiger partial charge in [0.05, 0.1) is 34.8 Å². The van der Waals surface area contributed by atoms with Crippen molar-refractivity contribution in [2.75, 3.05) is 0 Å². The van der Waals surface area contributed by atoms with Crippen LogP contribution in [0.3, 0.4) is 0 Å². The van der Waals surface area contributed by atoms with Gasteiger partial charge in [-0.2, -0.15) is 23.5 Å². The number of halogens is 3. The van der Waals surface area contributed by atoms with Gasteiger partial charge in [0.2, 0.25) is 0 Å². The Labute approximate surface area is 140 Å². The minimum atomic E-state index is -4.66. The highest BCUT2D eigenvalue weighted by Crippen LogP contribution is 2.35. The smallest absolute Gasteiger partial charge is 0.288 e. The maximum atomic E-state index is 13.3. The summed E-state index contributed by atoms with van der Waals surface area (Å²) >= 11 is 0. The van der Waals surface area contributed by atoms with E-state index in [0.717, 1.165) is 0 Å². The highest BCUT2D eigenvalue weighted by atomic mass is 19.4. The van der Waals surface area contributed by atoms with Gasteiger partial charge in [-0.3, -0.25) is 14.0 Å². The fraction of sp³-hybridized carbons (Fsp3) is 0.235. The summed E-state index contributed by atoms with van der Waals surface area (Å²) in [4.78, 5) is 12.4. The first-order valence-electron chi connectivity index (χ1n) is 7.36. The van der Waals surface area contributed by atoms with Crippen LogP contribution in [-0.4, -0.2) is 14.3 Å². The van der Waals surface area contributed by atoms with Crippen molar-refractivity contribution in [2.45, 2.75) is 19.6 Å². The third-order valence-electron chi connectivity index (χ3n) is 4.02. The number of rotatable bonds is 2. The molecule has 0 saturated carbocycles. The molecule has 3 aromatic rings.